The van der Waals surface area contributed by atoms with E-state index in [-0.39, 0.29) is 48.3 Å². The highest BCUT2D eigenvalue weighted by molar-refractivity contribution is 5.99. The first-order valence-corrected chi connectivity index (χ1v) is 11.4. The number of hydrogen-bond acceptors (Lipinski definition) is 5. The number of carbonyl (C=O) groups excluding carboxylic acids is 3. The molecule has 1 heterocycles. The third-order valence-electron chi connectivity index (χ3n) is 6.29. The molecule has 176 valence electrons. The van der Waals surface area contributed by atoms with Crippen molar-refractivity contribution in [2.24, 2.45) is 11.8 Å². The predicted molar refractivity (Wildman–Crippen MR) is 122 cm³/mol. The Morgan fingerprint density at radius 3 is 2.56 bits per heavy atom. The standard InChI is InChI=1S/C24H35N3O5/c1-6-22(28)27-12-15(2)21(31-5)13-26(4)24(30)19-10-9-18(25-23(29)17-7-8-17)11-20(19)32-14-16(27)3/h9-11,15-17,21H,6-8,12-14H2,1-5H3,(H,25,29)/t15-,16+,21-/m1/s1. The van der Waals surface area contributed by atoms with Crippen LogP contribution in [-0.2, 0) is 14.3 Å². The number of amides is 3. The van der Waals surface area contributed by atoms with Gasteiger partial charge < -0.3 is 24.6 Å². The molecular weight excluding hydrogens is 410 g/mol. The van der Waals surface area contributed by atoms with Crippen molar-refractivity contribution < 1.29 is 23.9 Å². The topological polar surface area (TPSA) is 88.2 Å². The second kappa shape index (κ2) is 10.3. The van der Waals surface area contributed by atoms with Crippen molar-refractivity contribution in [1.29, 1.82) is 0 Å². The molecule has 1 aliphatic heterocycles. The van der Waals surface area contributed by atoms with Crippen LogP contribution in [0.15, 0.2) is 18.2 Å². The number of fused-ring (bicyclic) bond motifs is 1. The van der Waals surface area contributed by atoms with Crippen LogP contribution in [0.25, 0.3) is 0 Å². The van der Waals surface area contributed by atoms with E-state index >= 15 is 0 Å². The molecule has 1 fully saturated rings. The Balaban J connectivity index is 1.93. The fraction of sp³-hybridized carbons (Fsp3) is 0.625. The average Bonchev–Trinajstić information content (AvgIpc) is 3.63. The zero-order chi connectivity index (χ0) is 23.4. The minimum atomic E-state index is -0.218. The molecule has 1 aliphatic carbocycles. The van der Waals surface area contributed by atoms with Gasteiger partial charge in [-0.05, 0) is 31.9 Å². The molecule has 0 saturated heterocycles. The molecular formula is C24H35N3O5. The van der Waals surface area contributed by atoms with Gasteiger partial charge in [-0.25, -0.2) is 0 Å². The highest BCUT2D eigenvalue weighted by Crippen LogP contribution is 2.32. The first kappa shape index (κ1) is 24.0. The lowest BCUT2D eigenvalue weighted by atomic mass is 10.0. The minimum absolute atomic E-state index is 0.00782. The second-order valence-electron chi connectivity index (χ2n) is 8.97. The summed E-state index contributed by atoms with van der Waals surface area (Å²) in [6.07, 6.45) is 2.01. The van der Waals surface area contributed by atoms with Crippen molar-refractivity contribution in [2.45, 2.75) is 52.2 Å². The van der Waals surface area contributed by atoms with Gasteiger partial charge in [0.2, 0.25) is 11.8 Å². The van der Waals surface area contributed by atoms with E-state index in [0.29, 0.717) is 36.5 Å². The Kier molecular flexibility index (Phi) is 7.77. The smallest absolute Gasteiger partial charge is 0.257 e. The van der Waals surface area contributed by atoms with Crippen molar-refractivity contribution in [2.75, 3.05) is 39.2 Å². The third-order valence-corrected chi connectivity index (χ3v) is 6.29. The summed E-state index contributed by atoms with van der Waals surface area (Å²) in [6.45, 7) is 6.96. The van der Waals surface area contributed by atoms with Crippen molar-refractivity contribution in [3.63, 3.8) is 0 Å². The molecule has 8 heteroatoms. The number of carbonyl (C=O) groups is 3. The molecule has 3 rings (SSSR count). The fourth-order valence-corrected chi connectivity index (χ4v) is 3.99. The van der Waals surface area contributed by atoms with Crippen LogP contribution in [0.5, 0.6) is 5.75 Å². The van der Waals surface area contributed by atoms with E-state index in [0.717, 1.165) is 12.8 Å². The first-order valence-electron chi connectivity index (χ1n) is 11.4. The summed E-state index contributed by atoms with van der Waals surface area (Å²) >= 11 is 0. The average molecular weight is 446 g/mol. The van der Waals surface area contributed by atoms with Crippen LogP contribution >= 0.6 is 0 Å². The Hall–Kier alpha value is -2.61. The molecule has 8 nitrogen and oxygen atoms in total. The summed E-state index contributed by atoms with van der Waals surface area (Å²) in [5.74, 6) is 0.373. The molecule has 0 bridgehead atoms. The van der Waals surface area contributed by atoms with Gasteiger partial charge in [-0.3, -0.25) is 14.4 Å². The lowest BCUT2D eigenvalue weighted by Gasteiger charge is -2.36. The molecule has 1 aromatic rings. The quantitative estimate of drug-likeness (QED) is 0.770. The summed E-state index contributed by atoms with van der Waals surface area (Å²) in [5.41, 5.74) is 1.02. The lowest BCUT2D eigenvalue weighted by molar-refractivity contribution is -0.135. The van der Waals surface area contributed by atoms with E-state index in [2.05, 4.69) is 5.32 Å². The first-order chi connectivity index (χ1) is 15.2. The fourth-order valence-electron chi connectivity index (χ4n) is 3.99. The highest BCUT2D eigenvalue weighted by atomic mass is 16.5. The van der Waals surface area contributed by atoms with Crippen molar-refractivity contribution in [1.82, 2.24) is 9.80 Å². The van der Waals surface area contributed by atoms with Crippen LogP contribution in [0, 0.1) is 11.8 Å². The van der Waals surface area contributed by atoms with Gasteiger partial charge in [0.1, 0.15) is 12.4 Å². The summed E-state index contributed by atoms with van der Waals surface area (Å²) < 4.78 is 11.8. The van der Waals surface area contributed by atoms with Gasteiger partial charge in [0.25, 0.3) is 5.91 Å². The van der Waals surface area contributed by atoms with Crippen molar-refractivity contribution in [3.05, 3.63) is 23.8 Å². The summed E-state index contributed by atoms with van der Waals surface area (Å²) in [7, 11) is 3.36. The maximum Gasteiger partial charge on any atom is 0.257 e. The van der Waals surface area contributed by atoms with Crippen LogP contribution in [0.4, 0.5) is 5.69 Å². The molecule has 1 aromatic carbocycles. The molecule has 2 aliphatic rings. The van der Waals surface area contributed by atoms with E-state index in [1.165, 1.54) is 0 Å². The van der Waals surface area contributed by atoms with E-state index in [1.807, 2.05) is 25.7 Å². The van der Waals surface area contributed by atoms with E-state index in [4.69, 9.17) is 9.47 Å². The molecule has 32 heavy (non-hydrogen) atoms. The van der Waals surface area contributed by atoms with Crippen LogP contribution in [0.3, 0.4) is 0 Å². The van der Waals surface area contributed by atoms with Crippen LogP contribution in [0.2, 0.25) is 0 Å². The number of hydrogen-bond donors (Lipinski definition) is 1. The summed E-state index contributed by atoms with van der Waals surface area (Å²) in [5, 5.41) is 2.91. The minimum Gasteiger partial charge on any atom is -0.491 e. The number of methoxy groups -OCH3 is 1. The maximum atomic E-state index is 13.2. The van der Waals surface area contributed by atoms with Crippen LogP contribution in [0.1, 0.15) is 50.4 Å². The van der Waals surface area contributed by atoms with Gasteiger partial charge in [-0.1, -0.05) is 13.8 Å². The zero-order valence-corrected chi connectivity index (χ0v) is 19.7. The van der Waals surface area contributed by atoms with Gasteiger partial charge in [0, 0.05) is 57.3 Å². The molecule has 3 amide bonds. The Bertz CT molecular complexity index is 854. The monoisotopic (exact) mass is 445 g/mol. The Morgan fingerprint density at radius 2 is 1.94 bits per heavy atom. The van der Waals surface area contributed by atoms with E-state index < -0.39 is 0 Å². The third kappa shape index (κ3) is 5.59. The van der Waals surface area contributed by atoms with Crippen LogP contribution < -0.4 is 10.1 Å². The van der Waals surface area contributed by atoms with E-state index in [9.17, 15) is 14.4 Å². The number of ether oxygens (including phenoxy) is 2. The number of nitrogens with zero attached hydrogens (tertiary/aromatic N) is 2. The molecule has 0 aromatic heterocycles. The second-order valence-corrected chi connectivity index (χ2v) is 8.97. The van der Waals surface area contributed by atoms with Crippen LogP contribution in [-0.4, -0.2) is 73.5 Å². The molecule has 0 radical (unpaired) electrons. The number of rotatable bonds is 4. The maximum absolute atomic E-state index is 13.2. The van der Waals surface area contributed by atoms with Crippen molar-refractivity contribution >= 4 is 23.4 Å². The summed E-state index contributed by atoms with van der Waals surface area (Å²) in [4.78, 5) is 41.5. The lowest BCUT2D eigenvalue weighted by Crippen LogP contribution is -2.48. The molecule has 0 spiro atoms. The SMILES string of the molecule is CCC(=O)N1C[C@@H](C)[C@H](OC)CN(C)C(=O)c2ccc(NC(=O)C3CC3)cc2OC[C@@H]1C. The van der Waals surface area contributed by atoms with Crippen molar-refractivity contribution in [3.8, 4) is 5.75 Å². The predicted octanol–water partition coefficient (Wildman–Crippen LogP) is 2.78. The molecule has 1 N–H and O–H groups in total. The van der Waals surface area contributed by atoms with Gasteiger partial charge in [0.15, 0.2) is 0 Å². The Morgan fingerprint density at radius 1 is 1.22 bits per heavy atom. The molecule has 0 unspecified atom stereocenters. The largest absolute Gasteiger partial charge is 0.491 e. The van der Waals surface area contributed by atoms with E-state index in [1.54, 1.807) is 37.3 Å². The summed E-state index contributed by atoms with van der Waals surface area (Å²) in [6, 6.07) is 4.93. The van der Waals surface area contributed by atoms with Gasteiger partial charge >= 0.3 is 0 Å². The molecule has 1 saturated carbocycles. The number of anilines is 1. The van der Waals surface area contributed by atoms with Gasteiger partial charge in [-0.15, -0.1) is 0 Å². The molecule has 3 atom stereocenters. The zero-order valence-electron chi connectivity index (χ0n) is 19.7. The number of benzene rings is 1. The highest BCUT2D eigenvalue weighted by Gasteiger charge is 2.31. The Labute approximate surface area is 190 Å². The van der Waals surface area contributed by atoms with Gasteiger partial charge in [0.05, 0.1) is 17.7 Å². The normalized spacial score (nSPS) is 24.7. The van der Waals surface area contributed by atoms with Gasteiger partial charge in [-0.2, -0.15) is 0 Å². The number of nitrogens with one attached hydrogen (secondary N) is 1. The number of likely N-dealkylation sites (N-methyl/N-ethyl adjacent to an activating group) is 1.